The van der Waals surface area contributed by atoms with Crippen molar-refractivity contribution in [1.29, 1.82) is 0 Å². The van der Waals surface area contributed by atoms with E-state index in [0.717, 1.165) is 0 Å². The lowest BCUT2D eigenvalue weighted by molar-refractivity contribution is -0.136. The van der Waals surface area contributed by atoms with Gasteiger partial charge in [-0.15, -0.1) is 0 Å². The Morgan fingerprint density at radius 2 is 2.46 bits per heavy atom. The molecule has 0 fully saturated rings. The lowest BCUT2D eigenvalue weighted by atomic mass is 9.83. The van der Waals surface area contributed by atoms with E-state index in [9.17, 15) is 9.82 Å². The van der Waals surface area contributed by atoms with Crippen LogP contribution < -0.4 is 0 Å². The average Bonchev–Trinajstić information content (AvgIpc) is 2.17. The second kappa shape index (κ2) is 4.44. The molecule has 0 aromatic heterocycles. The van der Waals surface area contributed by atoms with E-state index in [4.69, 9.17) is 0 Å². The number of hydrogen-bond acceptors (Lipinski definition) is 4. The highest BCUT2D eigenvalue weighted by Gasteiger charge is 2.21. The monoisotopic (exact) mass is 183 g/mol. The quantitative estimate of drug-likeness (QED) is 0.479. The Morgan fingerprint density at radius 3 is 2.85 bits per heavy atom. The van der Waals surface area contributed by atoms with Crippen LogP contribution in [0.4, 0.5) is 0 Å². The third kappa shape index (κ3) is 2.57. The van der Waals surface area contributed by atoms with Crippen LogP contribution in [-0.2, 0) is 9.53 Å². The van der Waals surface area contributed by atoms with Gasteiger partial charge in [-0.05, 0) is 19.8 Å². The maximum atomic E-state index is 11.1. The highest BCUT2D eigenvalue weighted by Crippen LogP contribution is 2.12. The number of esters is 1. The van der Waals surface area contributed by atoms with Crippen LogP contribution in [0.3, 0.4) is 0 Å². The molecule has 0 aromatic carbocycles. The Labute approximate surface area is 78.3 Å². The van der Waals surface area contributed by atoms with Crippen molar-refractivity contribution in [2.45, 2.75) is 13.2 Å². The fourth-order valence-electron chi connectivity index (χ4n) is 1.34. The molecule has 0 aromatic rings. The Hall–Kier alpha value is -0.805. The number of methoxy groups -OCH3 is 1. The lowest BCUT2D eigenvalue weighted by Gasteiger charge is -2.25. The summed E-state index contributed by atoms with van der Waals surface area (Å²) in [5.41, 5.74) is 0.708. The molecule has 1 N–H and O–H groups in total. The molecular formula is C8H14BNO3. The van der Waals surface area contributed by atoms with Crippen LogP contribution in [0.2, 0.25) is 6.82 Å². The molecule has 1 heterocycles. The van der Waals surface area contributed by atoms with Crippen LogP contribution in [0.15, 0.2) is 11.6 Å². The van der Waals surface area contributed by atoms with Gasteiger partial charge in [-0.1, -0.05) is 6.08 Å². The third-order valence-corrected chi connectivity index (χ3v) is 2.22. The fourth-order valence-corrected chi connectivity index (χ4v) is 1.34. The van der Waals surface area contributed by atoms with Gasteiger partial charge in [0.05, 0.1) is 7.11 Å². The van der Waals surface area contributed by atoms with E-state index >= 15 is 0 Å². The molecule has 4 nitrogen and oxygen atoms in total. The summed E-state index contributed by atoms with van der Waals surface area (Å²) in [5, 5.41) is 9.24. The Bertz CT molecular complexity index is 227. The average molecular weight is 183 g/mol. The van der Waals surface area contributed by atoms with Crippen molar-refractivity contribution >= 4 is 13.0 Å². The molecule has 1 aliphatic heterocycles. The number of hydrogen-bond donors (Lipinski definition) is 1. The smallest absolute Gasteiger partial charge is 0.376 e. The van der Waals surface area contributed by atoms with Crippen molar-refractivity contribution in [3.05, 3.63) is 11.6 Å². The van der Waals surface area contributed by atoms with Crippen molar-refractivity contribution in [2.75, 3.05) is 20.2 Å². The largest absolute Gasteiger partial charge is 0.466 e. The number of nitrogens with zero attached hydrogens (tertiary/aromatic N) is 1. The summed E-state index contributed by atoms with van der Waals surface area (Å²) in [6, 6.07) is 0. The first-order valence-electron chi connectivity index (χ1n) is 4.34. The second-order valence-corrected chi connectivity index (χ2v) is 3.10. The zero-order valence-corrected chi connectivity index (χ0v) is 7.99. The van der Waals surface area contributed by atoms with Crippen molar-refractivity contribution < 1.29 is 14.6 Å². The summed E-state index contributed by atoms with van der Waals surface area (Å²) in [6.07, 6.45) is 2.46. The summed E-state index contributed by atoms with van der Waals surface area (Å²) in [7, 11) is 0.931. The van der Waals surface area contributed by atoms with Gasteiger partial charge >= 0.3 is 13.0 Å². The Morgan fingerprint density at radius 1 is 1.77 bits per heavy atom. The van der Waals surface area contributed by atoms with E-state index in [1.54, 1.807) is 6.82 Å². The van der Waals surface area contributed by atoms with Gasteiger partial charge in [-0.25, -0.2) is 4.79 Å². The highest BCUT2D eigenvalue weighted by atomic mass is 16.5. The molecule has 0 amide bonds. The van der Waals surface area contributed by atoms with E-state index in [2.05, 4.69) is 4.74 Å². The molecule has 0 saturated heterocycles. The van der Waals surface area contributed by atoms with E-state index < -0.39 is 7.05 Å². The van der Waals surface area contributed by atoms with Crippen molar-refractivity contribution in [1.82, 2.24) is 4.81 Å². The van der Waals surface area contributed by atoms with Gasteiger partial charge in [0.25, 0.3) is 0 Å². The van der Waals surface area contributed by atoms with Crippen LogP contribution in [0.1, 0.15) is 6.42 Å². The molecule has 72 valence electrons. The van der Waals surface area contributed by atoms with Gasteiger partial charge in [0.2, 0.25) is 0 Å². The minimum Gasteiger partial charge on any atom is -0.466 e. The van der Waals surface area contributed by atoms with Gasteiger partial charge in [0.1, 0.15) is 0 Å². The van der Waals surface area contributed by atoms with Crippen molar-refractivity contribution in [2.24, 2.45) is 0 Å². The van der Waals surface area contributed by atoms with E-state index in [1.807, 2.05) is 10.9 Å². The van der Waals surface area contributed by atoms with Crippen LogP contribution >= 0.6 is 0 Å². The topological polar surface area (TPSA) is 49.8 Å². The zero-order valence-electron chi connectivity index (χ0n) is 7.99. The first kappa shape index (κ1) is 10.3. The predicted octanol–water partition coefficient (Wildman–Crippen LogP) is -0.0982. The number of carbonyl (C=O) groups excluding carboxylic acids is 1. The molecule has 0 spiro atoms. The van der Waals surface area contributed by atoms with Gasteiger partial charge < -0.3 is 14.6 Å². The van der Waals surface area contributed by atoms with Crippen molar-refractivity contribution in [3.8, 4) is 0 Å². The molecule has 0 saturated carbocycles. The molecule has 5 heteroatoms. The Balaban J connectivity index is 2.52. The highest BCUT2D eigenvalue weighted by molar-refractivity contribution is 6.45. The van der Waals surface area contributed by atoms with Crippen molar-refractivity contribution in [3.63, 3.8) is 0 Å². The van der Waals surface area contributed by atoms with Crippen LogP contribution in [0.5, 0.6) is 0 Å². The van der Waals surface area contributed by atoms with E-state index in [0.29, 0.717) is 25.1 Å². The number of ether oxygens (including phenoxy) is 1. The third-order valence-electron chi connectivity index (χ3n) is 2.22. The standard InChI is InChI=1S/C8H14BNO3/c1-9(12)10-5-3-7(4-6-10)8(11)13-2/h3,12H,4-6H2,1-2H3. The van der Waals surface area contributed by atoms with Crippen LogP contribution in [0, 0.1) is 0 Å². The summed E-state index contributed by atoms with van der Waals surface area (Å²) in [4.78, 5) is 13.0. The molecular weight excluding hydrogens is 169 g/mol. The second-order valence-electron chi connectivity index (χ2n) is 3.10. The fraction of sp³-hybridized carbons (Fsp3) is 0.625. The minimum absolute atomic E-state index is 0.259. The molecule has 1 aliphatic rings. The molecule has 0 unspecified atom stereocenters. The molecule has 13 heavy (non-hydrogen) atoms. The summed E-state index contributed by atoms with van der Waals surface area (Å²) in [5.74, 6) is -0.259. The summed E-state index contributed by atoms with van der Waals surface area (Å²) < 4.78 is 4.60. The first-order valence-corrected chi connectivity index (χ1v) is 4.34. The molecule has 1 rings (SSSR count). The lowest BCUT2D eigenvalue weighted by Crippen LogP contribution is -2.40. The van der Waals surface area contributed by atoms with Gasteiger partial charge in [0, 0.05) is 12.1 Å². The zero-order chi connectivity index (χ0) is 9.84. The predicted molar refractivity (Wildman–Crippen MR) is 50.1 cm³/mol. The normalized spacial score (nSPS) is 17.9. The van der Waals surface area contributed by atoms with Crippen LogP contribution in [0.25, 0.3) is 0 Å². The number of rotatable bonds is 2. The maximum absolute atomic E-state index is 11.1. The van der Waals surface area contributed by atoms with E-state index in [-0.39, 0.29) is 5.97 Å². The first-order chi connectivity index (χ1) is 6.15. The van der Waals surface area contributed by atoms with Gasteiger partial charge in [-0.3, -0.25) is 0 Å². The molecule has 0 aliphatic carbocycles. The summed E-state index contributed by atoms with van der Waals surface area (Å²) >= 11 is 0. The SMILES string of the molecule is COC(=O)C1=CCN(B(C)O)CC1. The van der Waals surface area contributed by atoms with Crippen LogP contribution in [-0.4, -0.2) is 43.1 Å². The minimum atomic E-state index is -0.449. The maximum Gasteiger partial charge on any atom is 0.376 e. The Kier molecular flexibility index (Phi) is 3.51. The molecule has 0 radical (unpaired) electrons. The van der Waals surface area contributed by atoms with Gasteiger partial charge in [-0.2, -0.15) is 0 Å². The number of carbonyl (C=O) groups is 1. The molecule has 0 atom stereocenters. The van der Waals surface area contributed by atoms with E-state index in [1.165, 1.54) is 7.11 Å². The van der Waals surface area contributed by atoms with Gasteiger partial charge in [0.15, 0.2) is 0 Å². The molecule has 0 bridgehead atoms. The summed E-state index contributed by atoms with van der Waals surface area (Å²) in [6.45, 7) is 3.04.